The Bertz CT molecular complexity index is 603. The van der Waals surface area contributed by atoms with Crippen molar-refractivity contribution >= 4 is 12.3 Å². The first-order valence-corrected chi connectivity index (χ1v) is 7.20. The Kier molecular flexibility index (Phi) is 5.73. The van der Waals surface area contributed by atoms with E-state index >= 15 is 0 Å². The van der Waals surface area contributed by atoms with Crippen LogP contribution < -0.4 is 4.74 Å². The van der Waals surface area contributed by atoms with Gasteiger partial charge >= 0.3 is 5.97 Å². The van der Waals surface area contributed by atoms with E-state index in [4.69, 9.17) is 14.6 Å². The molecular formula is C15H18O9. The van der Waals surface area contributed by atoms with E-state index in [1.165, 1.54) is 12.1 Å². The minimum absolute atomic E-state index is 0.101. The van der Waals surface area contributed by atoms with E-state index in [-0.39, 0.29) is 24.3 Å². The predicted octanol–water partition coefficient (Wildman–Crippen LogP) is -1.21. The third-order valence-electron chi connectivity index (χ3n) is 3.65. The fraction of sp³-hybridized carbons (Fsp3) is 0.467. The number of carbonyl (C=O) groups excluding carboxylic acids is 1. The van der Waals surface area contributed by atoms with Crippen LogP contribution in [0.5, 0.6) is 11.5 Å². The summed E-state index contributed by atoms with van der Waals surface area (Å²) in [6.45, 7) is 0. The van der Waals surface area contributed by atoms with Gasteiger partial charge in [-0.25, -0.2) is 4.79 Å². The molecule has 24 heavy (non-hydrogen) atoms. The summed E-state index contributed by atoms with van der Waals surface area (Å²) in [7, 11) is 0. The topological polar surface area (TPSA) is 154 Å². The highest BCUT2D eigenvalue weighted by molar-refractivity contribution is 5.73. The highest BCUT2D eigenvalue weighted by Gasteiger charge is 2.48. The molecule has 0 saturated carbocycles. The number of ether oxygens (including phenoxy) is 2. The summed E-state index contributed by atoms with van der Waals surface area (Å²) < 4.78 is 10.4. The van der Waals surface area contributed by atoms with Crippen molar-refractivity contribution in [1.29, 1.82) is 0 Å². The fourth-order valence-electron chi connectivity index (χ4n) is 2.38. The predicted molar refractivity (Wildman–Crippen MR) is 77.4 cm³/mol. The number of para-hydroxylation sites is 1. The van der Waals surface area contributed by atoms with Crippen molar-refractivity contribution < 1.29 is 44.6 Å². The molecule has 0 aromatic heterocycles. The number of aldehydes is 1. The van der Waals surface area contributed by atoms with Gasteiger partial charge in [0.15, 0.2) is 17.6 Å². The molecule has 1 heterocycles. The van der Waals surface area contributed by atoms with E-state index in [1.54, 1.807) is 6.07 Å². The molecule has 1 aromatic rings. The lowest BCUT2D eigenvalue weighted by molar-refractivity contribution is -0.271. The summed E-state index contributed by atoms with van der Waals surface area (Å²) >= 11 is 0. The van der Waals surface area contributed by atoms with E-state index in [9.17, 15) is 30.0 Å². The maximum Gasteiger partial charge on any atom is 0.335 e. The lowest BCUT2D eigenvalue weighted by Gasteiger charge is -2.38. The highest BCUT2D eigenvalue weighted by atomic mass is 16.7. The Morgan fingerprint density at radius 3 is 2.54 bits per heavy atom. The second-order valence-corrected chi connectivity index (χ2v) is 5.32. The first-order chi connectivity index (χ1) is 11.4. The molecular weight excluding hydrogens is 324 g/mol. The smallest absolute Gasteiger partial charge is 0.335 e. The molecule has 0 radical (unpaired) electrons. The van der Waals surface area contributed by atoms with Crippen LogP contribution in [0.2, 0.25) is 0 Å². The third-order valence-corrected chi connectivity index (χ3v) is 3.65. The van der Waals surface area contributed by atoms with Gasteiger partial charge in [-0.3, -0.25) is 0 Å². The lowest BCUT2D eigenvalue weighted by Crippen LogP contribution is -2.61. The fourth-order valence-corrected chi connectivity index (χ4v) is 2.38. The largest absolute Gasteiger partial charge is 0.504 e. The van der Waals surface area contributed by atoms with E-state index < -0.39 is 36.7 Å². The summed E-state index contributed by atoms with van der Waals surface area (Å²) in [6, 6.07) is 4.40. The standard InChI is InChI=1S/C15H18O9/c16-6-2-4-7-3-1-5-8(17)12(7)23-15-11(20)9(18)10(19)13(24-15)14(21)22/h1,3,5-6,9-11,13,15,17-20H,2,4H2,(H,21,22). The van der Waals surface area contributed by atoms with Crippen LogP contribution in [0.3, 0.4) is 0 Å². The number of aliphatic hydroxyl groups is 3. The first-order valence-electron chi connectivity index (χ1n) is 7.20. The second-order valence-electron chi connectivity index (χ2n) is 5.32. The van der Waals surface area contributed by atoms with Crippen molar-refractivity contribution in [2.24, 2.45) is 0 Å². The van der Waals surface area contributed by atoms with Crippen molar-refractivity contribution in [2.75, 3.05) is 0 Å². The van der Waals surface area contributed by atoms with E-state index in [2.05, 4.69) is 0 Å². The Balaban J connectivity index is 2.26. The normalized spacial score (nSPS) is 29.9. The molecule has 0 spiro atoms. The van der Waals surface area contributed by atoms with Gasteiger partial charge in [0.2, 0.25) is 6.29 Å². The monoisotopic (exact) mass is 342 g/mol. The minimum atomic E-state index is -1.84. The van der Waals surface area contributed by atoms with Crippen LogP contribution in [-0.2, 0) is 20.7 Å². The van der Waals surface area contributed by atoms with Crippen molar-refractivity contribution in [2.45, 2.75) is 43.5 Å². The van der Waals surface area contributed by atoms with Gasteiger partial charge in [0.05, 0.1) is 0 Å². The number of aromatic hydroxyl groups is 1. The van der Waals surface area contributed by atoms with Gasteiger partial charge in [-0.15, -0.1) is 0 Å². The van der Waals surface area contributed by atoms with E-state index in [0.717, 1.165) is 0 Å². The number of rotatable bonds is 6. The molecule has 5 unspecified atom stereocenters. The zero-order valence-electron chi connectivity index (χ0n) is 12.5. The summed E-state index contributed by atoms with van der Waals surface area (Å²) in [5, 5.41) is 48.2. The number of carbonyl (C=O) groups is 2. The van der Waals surface area contributed by atoms with Crippen LogP contribution in [0.1, 0.15) is 12.0 Å². The first kappa shape index (κ1) is 18.1. The van der Waals surface area contributed by atoms with E-state index in [0.29, 0.717) is 11.8 Å². The molecule has 0 bridgehead atoms. The molecule has 132 valence electrons. The summed E-state index contributed by atoms with van der Waals surface area (Å²) in [6.07, 6.45) is -7.75. The van der Waals surface area contributed by atoms with Crippen molar-refractivity contribution in [3.63, 3.8) is 0 Å². The molecule has 2 rings (SSSR count). The van der Waals surface area contributed by atoms with Crippen molar-refractivity contribution in [1.82, 2.24) is 0 Å². The van der Waals surface area contributed by atoms with Crippen LogP contribution in [0.4, 0.5) is 0 Å². The van der Waals surface area contributed by atoms with E-state index in [1.807, 2.05) is 0 Å². The van der Waals surface area contributed by atoms with Gasteiger partial charge in [-0.05, 0) is 18.1 Å². The Morgan fingerprint density at radius 1 is 1.21 bits per heavy atom. The van der Waals surface area contributed by atoms with Gasteiger partial charge in [-0.1, -0.05) is 12.1 Å². The maximum atomic E-state index is 11.1. The number of benzene rings is 1. The Labute approximate surface area is 136 Å². The Hall–Kier alpha value is -2.20. The molecule has 1 aliphatic heterocycles. The number of hydrogen-bond acceptors (Lipinski definition) is 8. The molecule has 1 aliphatic rings. The number of aliphatic hydroxyl groups excluding tert-OH is 3. The van der Waals surface area contributed by atoms with Gasteiger partial charge in [0, 0.05) is 6.42 Å². The molecule has 9 nitrogen and oxygen atoms in total. The quantitative estimate of drug-likeness (QED) is 0.401. The van der Waals surface area contributed by atoms with Crippen LogP contribution in [0.25, 0.3) is 0 Å². The second kappa shape index (κ2) is 7.58. The molecule has 1 fully saturated rings. The summed E-state index contributed by atoms with van der Waals surface area (Å²) in [4.78, 5) is 21.6. The van der Waals surface area contributed by atoms with Gasteiger partial charge in [-0.2, -0.15) is 0 Å². The van der Waals surface area contributed by atoms with Gasteiger partial charge in [0.1, 0.15) is 24.6 Å². The molecule has 0 aliphatic carbocycles. The molecule has 1 saturated heterocycles. The molecule has 9 heteroatoms. The number of hydrogen-bond donors (Lipinski definition) is 5. The average molecular weight is 342 g/mol. The molecule has 5 atom stereocenters. The number of phenolic OH excluding ortho intramolecular Hbond substituents is 1. The lowest BCUT2D eigenvalue weighted by atomic mass is 9.99. The molecule has 1 aromatic carbocycles. The number of phenols is 1. The minimum Gasteiger partial charge on any atom is -0.504 e. The number of carboxylic acids is 1. The third kappa shape index (κ3) is 3.65. The zero-order chi connectivity index (χ0) is 17.9. The van der Waals surface area contributed by atoms with Gasteiger partial charge < -0.3 is 39.8 Å². The average Bonchev–Trinajstić information content (AvgIpc) is 2.55. The summed E-state index contributed by atoms with van der Waals surface area (Å²) in [5.41, 5.74) is 0.436. The number of aliphatic carboxylic acids is 1. The Morgan fingerprint density at radius 2 is 1.92 bits per heavy atom. The molecule has 5 N–H and O–H groups in total. The zero-order valence-corrected chi connectivity index (χ0v) is 12.5. The number of aryl methyl sites for hydroxylation is 1. The van der Waals surface area contributed by atoms with Crippen LogP contribution in [0, 0.1) is 0 Å². The van der Waals surface area contributed by atoms with Crippen LogP contribution in [-0.4, -0.2) is 68.5 Å². The molecule has 0 amide bonds. The summed E-state index contributed by atoms with van der Waals surface area (Å²) in [5.74, 6) is -1.95. The van der Waals surface area contributed by atoms with Crippen molar-refractivity contribution in [3.8, 4) is 11.5 Å². The van der Waals surface area contributed by atoms with Crippen LogP contribution >= 0.6 is 0 Å². The number of carboxylic acid groups (broad SMARTS) is 1. The SMILES string of the molecule is O=CCCc1cccc(O)c1OC1OC(C(=O)O)C(O)C(O)C1O. The van der Waals surface area contributed by atoms with Crippen molar-refractivity contribution in [3.05, 3.63) is 23.8 Å². The highest BCUT2D eigenvalue weighted by Crippen LogP contribution is 2.34. The maximum absolute atomic E-state index is 11.1. The van der Waals surface area contributed by atoms with Crippen LogP contribution in [0.15, 0.2) is 18.2 Å². The van der Waals surface area contributed by atoms with Gasteiger partial charge in [0.25, 0.3) is 0 Å².